The maximum absolute atomic E-state index is 12.3. The van der Waals surface area contributed by atoms with E-state index in [1.807, 2.05) is 11.8 Å². The van der Waals surface area contributed by atoms with Crippen molar-refractivity contribution in [2.75, 3.05) is 29.2 Å². The summed E-state index contributed by atoms with van der Waals surface area (Å²) in [5, 5.41) is 8.93. The van der Waals surface area contributed by atoms with Gasteiger partial charge in [-0.1, -0.05) is 0 Å². The zero-order chi connectivity index (χ0) is 15.4. The van der Waals surface area contributed by atoms with E-state index in [-0.39, 0.29) is 11.5 Å². The number of carbonyl (C=O) groups is 2. The van der Waals surface area contributed by atoms with Crippen molar-refractivity contribution in [3.05, 3.63) is 23.8 Å². The summed E-state index contributed by atoms with van der Waals surface area (Å²) in [6.07, 6.45) is 2.69. The third-order valence-corrected chi connectivity index (χ3v) is 4.86. The van der Waals surface area contributed by atoms with Crippen LogP contribution < -0.4 is 10.6 Å². The highest BCUT2D eigenvalue weighted by molar-refractivity contribution is 7.99. The second-order valence-electron chi connectivity index (χ2n) is 5.29. The second-order valence-corrected chi connectivity index (χ2v) is 6.52. The molecule has 1 aromatic carbocycles. The summed E-state index contributed by atoms with van der Waals surface area (Å²) in [4.78, 5) is 24.8. The van der Waals surface area contributed by atoms with Crippen LogP contribution in [0.25, 0.3) is 0 Å². The Labute approximate surface area is 128 Å². The van der Waals surface area contributed by atoms with Gasteiger partial charge in [0.1, 0.15) is 0 Å². The number of rotatable bonds is 4. The Balaban J connectivity index is 2.06. The molecule has 2 rings (SSSR count). The van der Waals surface area contributed by atoms with Crippen LogP contribution in [0.4, 0.5) is 11.4 Å². The molecule has 0 aliphatic carbocycles. The fourth-order valence-electron chi connectivity index (χ4n) is 2.46. The first-order valence-corrected chi connectivity index (χ1v) is 8.11. The van der Waals surface area contributed by atoms with Crippen molar-refractivity contribution in [1.29, 1.82) is 0 Å². The van der Waals surface area contributed by atoms with Gasteiger partial charge in [0.05, 0.1) is 16.9 Å². The molecule has 1 aliphatic rings. The van der Waals surface area contributed by atoms with Crippen LogP contribution in [0.2, 0.25) is 0 Å². The molecular weight excluding hydrogens is 288 g/mol. The minimum atomic E-state index is -1.03. The molecule has 0 radical (unpaired) electrons. The quantitative estimate of drug-likeness (QED) is 0.835. The molecule has 21 heavy (non-hydrogen) atoms. The Morgan fingerprint density at radius 2 is 2.05 bits per heavy atom. The first kappa shape index (κ1) is 15.7. The topological polar surface area (TPSA) is 83.6 Å². The highest BCUT2D eigenvalue weighted by atomic mass is 32.2. The molecule has 3 N–H and O–H groups in total. The van der Waals surface area contributed by atoms with Crippen molar-refractivity contribution in [2.24, 2.45) is 5.92 Å². The van der Waals surface area contributed by atoms with E-state index in [2.05, 4.69) is 0 Å². The molecule has 114 valence electrons. The molecule has 1 aliphatic heterocycles. The molecular formula is C15H20N2O3S. The number of thioether (sulfide) groups is 1. The average molecular weight is 308 g/mol. The molecule has 1 aromatic rings. The summed E-state index contributed by atoms with van der Waals surface area (Å²) in [7, 11) is 1.69. The van der Waals surface area contributed by atoms with E-state index >= 15 is 0 Å². The third kappa shape index (κ3) is 3.91. The molecule has 0 unspecified atom stereocenters. The van der Waals surface area contributed by atoms with Crippen molar-refractivity contribution < 1.29 is 14.7 Å². The maximum Gasteiger partial charge on any atom is 0.335 e. The number of nitrogens with zero attached hydrogens (tertiary/aromatic N) is 1. The molecule has 1 fully saturated rings. The lowest BCUT2D eigenvalue weighted by atomic mass is 9.98. The molecule has 1 saturated heterocycles. The zero-order valence-corrected chi connectivity index (χ0v) is 12.9. The number of amides is 1. The highest BCUT2D eigenvalue weighted by Crippen LogP contribution is 2.28. The Bertz CT molecular complexity index is 542. The van der Waals surface area contributed by atoms with Crippen LogP contribution in [0, 0.1) is 5.92 Å². The number of carboxylic acid groups (broad SMARTS) is 1. The van der Waals surface area contributed by atoms with Gasteiger partial charge in [-0.05, 0) is 48.5 Å². The summed E-state index contributed by atoms with van der Waals surface area (Å²) in [6.45, 7) is 0. The molecule has 0 spiro atoms. The number of aromatic carboxylic acids is 1. The van der Waals surface area contributed by atoms with Gasteiger partial charge in [-0.15, -0.1) is 0 Å². The smallest absolute Gasteiger partial charge is 0.335 e. The van der Waals surface area contributed by atoms with E-state index in [0.717, 1.165) is 24.3 Å². The molecule has 6 heteroatoms. The zero-order valence-electron chi connectivity index (χ0n) is 12.0. The Hall–Kier alpha value is -1.69. The van der Waals surface area contributed by atoms with E-state index in [1.165, 1.54) is 17.0 Å². The summed E-state index contributed by atoms with van der Waals surface area (Å²) < 4.78 is 0. The number of carboxylic acids is 1. The van der Waals surface area contributed by atoms with Crippen molar-refractivity contribution in [1.82, 2.24) is 0 Å². The van der Waals surface area contributed by atoms with Gasteiger partial charge < -0.3 is 15.7 Å². The van der Waals surface area contributed by atoms with Crippen LogP contribution >= 0.6 is 11.8 Å². The normalized spacial score (nSPS) is 15.7. The lowest BCUT2D eigenvalue weighted by Gasteiger charge is -2.25. The lowest BCUT2D eigenvalue weighted by Crippen LogP contribution is -2.29. The number of benzene rings is 1. The molecule has 1 heterocycles. The second kappa shape index (κ2) is 6.85. The van der Waals surface area contributed by atoms with Crippen molar-refractivity contribution in [2.45, 2.75) is 19.3 Å². The van der Waals surface area contributed by atoms with Gasteiger partial charge in [-0.3, -0.25) is 4.79 Å². The number of anilines is 2. The fourth-order valence-corrected chi connectivity index (χ4v) is 3.67. The Morgan fingerprint density at radius 3 is 2.62 bits per heavy atom. The molecule has 5 nitrogen and oxygen atoms in total. The van der Waals surface area contributed by atoms with Gasteiger partial charge in [0.15, 0.2) is 0 Å². The lowest BCUT2D eigenvalue weighted by molar-refractivity contribution is -0.119. The highest BCUT2D eigenvalue weighted by Gasteiger charge is 2.21. The van der Waals surface area contributed by atoms with Gasteiger partial charge in [-0.2, -0.15) is 11.8 Å². The Morgan fingerprint density at radius 1 is 1.38 bits per heavy atom. The standard InChI is InChI=1S/C15H20N2O3S/c1-17(14(18)8-10-4-6-21-7-5-10)13-3-2-11(15(19)20)9-12(13)16/h2-3,9-10H,4-8,16H2,1H3,(H,19,20). The van der Waals surface area contributed by atoms with Gasteiger partial charge >= 0.3 is 5.97 Å². The van der Waals surface area contributed by atoms with E-state index in [9.17, 15) is 9.59 Å². The van der Waals surface area contributed by atoms with E-state index in [0.29, 0.717) is 23.7 Å². The molecule has 1 amide bonds. The average Bonchev–Trinajstić information content (AvgIpc) is 2.47. The number of hydrogen-bond acceptors (Lipinski definition) is 4. The van der Waals surface area contributed by atoms with E-state index in [4.69, 9.17) is 10.8 Å². The van der Waals surface area contributed by atoms with Crippen LogP contribution in [0.5, 0.6) is 0 Å². The first-order valence-electron chi connectivity index (χ1n) is 6.96. The number of nitrogen functional groups attached to an aromatic ring is 1. The molecule has 0 atom stereocenters. The summed E-state index contributed by atoms with van der Waals surface area (Å²) >= 11 is 1.94. The van der Waals surface area contributed by atoms with Crippen LogP contribution in [0.3, 0.4) is 0 Å². The first-order chi connectivity index (χ1) is 9.99. The SMILES string of the molecule is CN(C(=O)CC1CCSCC1)c1ccc(C(=O)O)cc1N. The summed E-state index contributed by atoms with van der Waals surface area (Å²) in [5.74, 6) is 1.69. The van der Waals surface area contributed by atoms with Gasteiger partial charge in [-0.25, -0.2) is 4.79 Å². The van der Waals surface area contributed by atoms with Crippen LogP contribution in [-0.4, -0.2) is 35.5 Å². The minimum absolute atomic E-state index is 0.0293. The largest absolute Gasteiger partial charge is 0.478 e. The molecule has 0 aromatic heterocycles. The van der Waals surface area contributed by atoms with Gasteiger partial charge in [0, 0.05) is 13.5 Å². The predicted octanol–water partition coefficient (Wildman–Crippen LogP) is 2.46. The molecule has 0 bridgehead atoms. The number of nitrogens with two attached hydrogens (primary N) is 1. The van der Waals surface area contributed by atoms with Crippen LogP contribution in [-0.2, 0) is 4.79 Å². The molecule has 0 saturated carbocycles. The maximum atomic E-state index is 12.3. The van der Waals surface area contributed by atoms with Gasteiger partial charge in [0.25, 0.3) is 0 Å². The summed E-state index contributed by atoms with van der Waals surface area (Å²) in [6, 6.07) is 4.45. The van der Waals surface area contributed by atoms with Crippen molar-refractivity contribution in [3.63, 3.8) is 0 Å². The van der Waals surface area contributed by atoms with Gasteiger partial charge in [0.2, 0.25) is 5.91 Å². The number of hydrogen-bond donors (Lipinski definition) is 2. The number of carbonyl (C=O) groups excluding carboxylic acids is 1. The van der Waals surface area contributed by atoms with Crippen LogP contribution in [0.15, 0.2) is 18.2 Å². The third-order valence-electron chi connectivity index (χ3n) is 3.81. The van der Waals surface area contributed by atoms with Crippen molar-refractivity contribution in [3.8, 4) is 0 Å². The minimum Gasteiger partial charge on any atom is -0.478 e. The Kier molecular flexibility index (Phi) is 5.12. The van der Waals surface area contributed by atoms with E-state index in [1.54, 1.807) is 13.1 Å². The van der Waals surface area contributed by atoms with Crippen LogP contribution in [0.1, 0.15) is 29.6 Å². The predicted molar refractivity (Wildman–Crippen MR) is 85.9 cm³/mol. The monoisotopic (exact) mass is 308 g/mol. The van der Waals surface area contributed by atoms with Crippen molar-refractivity contribution >= 4 is 35.0 Å². The summed E-state index contributed by atoms with van der Waals surface area (Å²) in [5.41, 5.74) is 6.87. The fraction of sp³-hybridized carbons (Fsp3) is 0.467. The van der Waals surface area contributed by atoms with E-state index < -0.39 is 5.97 Å².